The van der Waals surface area contributed by atoms with Gasteiger partial charge in [0.05, 0.1) is 5.75 Å². The summed E-state index contributed by atoms with van der Waals surface area (Å²) in [5.41, 5.74) is 0. The maximum Gasteiger partial charge on any atom is 0.313 e. The number of carbonyl (C=O) groups is 1. The number of hydrogen-bond acceptors (Lipinski definition) is 5. The molecule has 0 saturated heterocycles. The molecule has 0 spiro atoms. The Morgan fingerprint density at radius 3 is 2.62 bits per heavy atom. The van der Waals surface area contributed by atoms with Gasteiger partial charge in [-0.2, -0.15) is 0 Å². The zero-order chi connectivity index (χ0) is 10.3. The Balaban J connectivity index is 3.86. The average molecular weight is 243 g/mol. The molecule has 0 fully saturated rings. The van der Waals surface area contributed by atoms with Crippen molar-refractivity contribution in [2.24, 2.45) is 0 Å². The first kappa shape index (κ1) is 13.4. The van der Waals surface area contributed by atoms with Crippen LogP contribution in [0.4, 0.5) is 0 Å². The highest BCUT2D eigenvalue weighted by molar-refractivity contribution is 8.89. The van der Waals surface area contributed by atoms with E-state index >= 15 is 0 Å². The molecular formula is C6H14NO3PS2. The van der Waals surface area contributed by atoms with Gasteiger partial charge in [0.1, 0.15) is 0 Å². The van der Waals surface area contributed by atoms with Crippen molar-refractivity contribution in [1.29, 1.82) is 0 Å². The van der Waals surface area contributed by atoms with Crippen LogP contribution in [0, 0.1) is 0 Å². The zero-order valence-corrected chi connectivity index (χ0v) is 10.4. The fourth-order valence-corrected chi connectivity index (χ4v) is 4.63. The Kier molecular flexibility index (Phi) is 6.95. The largest absolute Gasteiger partial charge is 0.356 e. The first-order chi connectivity index (χ1) is 6.08. The molecule has 0 aromatic carbocycles. The van der Waals surface area contributed by atoms with E-state index in [1.165, 1.54) is 7.11 Å². The average Bonchev–Trinajstić information content (AvgIpc) is 2.15. The molecule has 1 atom stereocenters. The molecule has 1 N–H and O–H groups in total. The van der Waals surface area contributed by atoms with Gasteiger partial charge in [-0.05, 0) is 24.6 Å². The summed E-state index contributed by atoms with van der Waals surface area (Å²) in [6.07, 6.45) is 1.70. The third-order valence-corrected chi connectivity index (χ3v) is 8.64. The molecule has 1 amide bonds. The lowest BCUT2D eigenvalue weighted by molar-refractivity contribution is -0.118. The molecular weight excluding hydrogens is 229 g/mol. The van der Waals surface area contributed by atoms with Gasteiger partial charge in [-0.3, -0.25) is 9.36 Å². The van der Waals surface area contributed by atoms with E-state index in [0.717, 1.165) is 22.8 Å². The van der Waals surface area contributed by atoms with Gasteiger partial charge in [-0.15, -0.1) is 0 Å². The van der Waals surface area contributed by atoms with Gasteiger partial charge in [0, 0.05) is 13.7 Å². The monoisotopic (exact) mass is 243 g/mol. The number of amides is 1. The van der Waals surface area contributed by atoms with E-state index in [2.05, 4.69) is 5.32 Å². The van der Waals surface area contributed by atoms with Crippen LogP contribution in [-0.2, 0) is 13.9 Å². The van der Waals surface area contributed by atoms with Crippen molar-refractivity contribution in [3.63, 3.8) is 0 Å². The molecule has 0 aliphatic heterocycles. The Bertz CT molecular complexity index is 204. The summed E-state index contributed by atoms with van der Waals surface area (Å²) in [6.45, 7) is 2.43. The van der Waals surface area contributed by atoms with Crippen LogP contribution < -0.4 is 5.32 Å². The second kappa shape index (κ2) is 6.76. The van der Waals surface area contributed by atoms with Gasteiger partial charge in [0.2, 0.25) is 5.91 Å². The standard InChI is InChI=1S/C6H14NO3PS2/c1-4-7-6(8)5-13-11(9,10-2)12-3/h4-5H2,1-3H3,(H,7,8). The van der Waals surface area contributed by atoms with Crippen molar-refractivity contribution in [3.05, 3.63) is 0 Å². The van der Waals surface area contributed by atoms with E-state index < -0.39 is 5.77 Å². The highest BCUT2D eigenvalue weighted by Gasteiger charge is 2.21. The summed E-state index contributed by atoms with van der Waals surface area (Å²) in [7, 11) is 1.39. The first-order valence-corrected chi connectivity index (χ1v) is 8.75. The smallest absolute Gasteiger partial charge is 0.313 e. The summed E-state index contributed by atoms with van der Waals surface area (Å²) in [5.74, 6) is -2.62. The predicted octanol–water partition coefficient (Wildman–Crippen LogP) is 1.97. The molecule has 1 unspecified atom stereocenters. The molecule has 7 heteroatoms. The summed E-state index contributed by atoms with van der Waals surface area (Å²) in [5, 5.41) is 2.62. The second-order valence-electron chi connectivity index (χ2n) is 2.04. The summed E-state index contributed by atoms with van der Waals surface area (Å²) in [6, 6.07) is 0. The van der Waals surface area contributed by atoms with Crippen molar-refractivity contribution < 1.29 is 13.9 Å². The van der Waals surface area contributed by atoms with Crippen LogP contribution in [0.3, 0.4) is 0 Å². The molecule has 0 radical (unpaired) electrons. The van der Waals surface area contributed by atoms with Crippen LogP contribution >= 0.6 is 28.5 Å². The Labute approximate surface area is 86.5 Å². The first-order valence-electron chi connectivity index (χ1n) is 3.70. The molecule has 0 aromatic rings. The van der Waals surface area contributed by atoms with Gasteiger partial charge >= 0.3 is 5.77 Å². The van der Waals surface area contributed by atoms with Gasteiger partial charge in [-0.1, -0.05) is 11.4 Å². The zero-order valence-electron chi connectivity index (χ0n) is 7.90. The van der Waals surface area contributed by atoms with E-state index in [-0.39, 0.29) is 11.7 Å². The lowest BCUT2D eigenvalue weighted by Gasteiger charge is -2.11. The molecule has 0 rings (SSSR count). The molecule has 0 heterocycles. The molecule has 0 saturated carbocycles. The Hall–Kier alpha value is 0.360. The highest BCUT2D eigenvalue weighted by atomic mass is 33.1. The maximum atomic E-state index is 11.6. The molecule has 4 nitrogen and oxygen atoms in total. The van der Waals surface area contributed by atoms with E-state index in [4.69, 9.17) is 4.52 Å². The maximum absolute atomic E-state index is 11.6. The van der Waals surface area contributed by atoms with Crippen LogP contribution in [0.1, 0.15) is 6.92 Å². The van der Waals surface area contributed by atoms with E-state index in [1.54, 1.807) is 6.26 Å². The van der Waals surface area contributed by atoms with Gasteiger partial charge in [0.15, 0.2) is 0 Å². The van der Waals surface area contributed by atoms with Crippen LogP contribution in [0.5, 0.6) is 0 Å². The second-order valence-corrected chi connectivity index (χ2v) is 9.66. The molecule has 0 aromatic heterocycles. The van der Waals surface area contributed by atoms with E-state index in [9.17, 15) is 9.36 Å². The summed E-state index contributed by atoms with van der Waals surface area (Å²) < 4.78 is 16.4. The minimum absolute atomic E-state index is 0.112. The van der Waals surface area contributed by atoms with E-state index in [0.29, 0.717) is 6.54 Å². The van der Waals surface area contributed by atoms with Gasteiger partial charge in [0.25, 0.3) is 0 Å². The van der Waals surface area contributed by atoms with Crippen molar-refractivity contribution >= 4 is 34.4 Å². The van der Waals surface area contributed by atoms with Gasteiger partial charge in [-0.25, -0.2) is 0 Å². The van der Waals surface area contributed by atoms with Crippen LogP contribution in [0.2, 0.25) is 0 Å². The molecule has 0 aliphatic rings. The third-order valence-electron chi connectivity index (χ3n) is 1.17. The fourth-order valence-electron chi connectivity index (χ4n) is 0.566. The minimum atomic E-state index is -2.69. The van der Waals surface area contributed by atoms with Gasteiger partial charge < -0.3 is 9.84 Å². The van der Waals surface area contributed by atoms with Crippen molar-refractivity contribution in [2.45, 2.75) is 6.92 Å². The SMILES string of the molecule is CCNC(=O)CSP(=O)(OC)SC. The number of rotatable bonds is 6. The quantitative estimate of drug-likeness (QED) is 0.723. The summed E-state index contributed by atoms with van der Waals surface area (Å²) >= 11 is 2.20. The fraction of sp³-hybridized carbons (Fsp3) is 0.833. The van der Waals surface area contributed by atoms with Crippen LogP contribution in [0.25, 0.3) is 0 Å². The van der Waals surface area contributed by atoms with E-state index in [1.807, 2.05) is 6.92 Å². The number of hydrogen-bond donors (Lipinski definition) is 1. The lowest BCUT2D eigenvalue weighted by atomic mass is 10.6. The topological polar surface area (TPSA) is 55.4 Å². The van der Waals surface area contributed by atoms with Crippen molar-refractivity contribution in [1.82, 2.24) is 5.32 Å². The number of nitrogens with one attached hydrogen (secondary N) is 1. The van der Waals surface area contributed by atoms with Crippen molar-refractivity contribution in [3.8, 4) is 0 Å². The minimum Gasteiger partial charge on any atom is -0.356 e. The molecule has 78 valence electrons. The van der Waals surface area contributed by atoms with Crippen LogP contribution in [0.15, 0.2) is 0 Å². The normalized spacial score (nSPS) is 15.0. The van der Waals surface area contributed by atoms with Crippen LogP contribution in [-0.4, -0.2) is 31.6 Å². The highest BCUT2D eigenvalue weighted by Crippen LogP contribution is 2.68. The molecule has 0 bridgehead atoms. The summed E-state index contributed by atoms with van der Waals surface area (Å²) in [4.78, 5) is 11.0. The Morgan fingerprint density at radius 1 is 1.62 bits per heavy atom. The lowest BCUT2D eigenvalue weighted by Crippen LogP contribution is -2.24. The molecule has 0 aliphatic carbocycles. The molecule has 13 heavy (non-hydrogen) atoms. The third kappa shape index (κ3) is 5.62. The Morgan fingerprint density at radius 2 is 2.23 bits per heavy atom. The predicted molar refractivity (Wildman–Crippen MR) is 59.3 cm³/mol. The van der Waals surface area contributed by atoms with Crippen molar-refractivity contribution in [2.75, 3.05) is 25.7 Å². The number of carbonyl (C=O) groups excluding carboxylic acids is 1.